The highest BCUT2D eigenvalue weighted by molar-refractivity contribution is 14.1. The summed E-state index contributed by atoms with van der Waals surface area (Å²) in [7, 11) is 0. The van der Waals surface area contributed by atoms with Crippen LogP contribution in [0.25, 0.3) is 0 Å². The quantitative estimate of drug-likeness (QED) is 0.796. The first-order valence-corrected chi connectivity index (χ1v) is 7.86. The molecule has 2 N–H and O–H groups in total. The molecule has 19 heavy (non-hydrogen) atoms. The maximum Gasteiger partial charge on any atom is 0.0552 e. The predicted molar refractivity (Wildman–Crippen MR) is 90.4 cm³/mol. The number of hydrogen-bond acceptors (Lipinski definition) is 1. The number of nitrogens with two attached hydrogens (primary N) is 1. The van der Waals surface area contributed by atoms with Crippen LogP contribution in [0.3, 0.4) is 0 Å². The van der Waals surface area contributed by atoms with E-state index in [4.69, 9.17) is 5.73 Å². The predicted octanol–water partition coefficient (Wildman–Crippen LogP) is 4.46. The van der Waals surface area contributed by atoms with Crippen LogP contribution in [0.4, 0.5) is 0 Å². The summed E-state index contributed by atoms with van der Waals surface area (Å²) >= 11 is 2.33. The summed E-state index contributed by atoms with van der Waals surface area (Å²) in [6.45, 7) is 4.41. The molecule has 100 valence electrons. The van der Waals surface area contributed by atoms with Crippen molar-refractivity contribution < 1.29 is 0 Å². The molecule has 0 spiro atoms. The summed E-state index contributed by atoms with van der Waals surface area (Å²) in [6, 6.07) is 15.0. The van der Waals surface area contributed by atoms with Gasteiger partial charge in [-0.05, 0) is 69.8 Å². The molecular weight excluding hydrogens is 345 g/mol. The molecule has 0 radical (unpaired) electrons. The molecule has 0 amide bonds. The smallest absolute Gasteiger partial charge is 0.0552 e. The van der Waals surface area contributed by atoms with Gasteiger partial charge >= 0.3 is 0 Å². The normalized spacial score (nSPS) is 12.4. The molecule has 0 aliphatic carbocycles. The topological polar surface area (TPSA) is 26.0 Å². The highest BCUT2D eigenvalue weighted by atomic mass is 127. The van der Waals surface area contributed by atoms with Crippen molar-refractivity contribution in [1.82, 2.24) is 0 Å². The van der Waals surface area contributed by atoms with Crippen molar-refractivity contribution in [2.75, 3.05) is 0 Å². The van der Waals surface area contributed by atoms with E-state index in [1.165, 1.54) is 25.8 Å². The molecule has 2 heteroatoms. The molecule has 0 bridgehead atoms. The molecule has 1 unspecified atom stereocenters. The minimum Gasteiger partial charge on any atom is -0.320 e. The fraction of sp³-hybridized carbons (Fsp3) is 0.294. The van der Waals surface area contributed by atoms with Gasteiger partial charge in [0, 0.05) is 3.57 Å². The Hall–Kier alpha value is -0.870. The third-order valence-electron chi connectivity index (χ3n) is 3.56. The Balaban J connectivity index is 2.36. The van der Waals surface area contributed by atoms with Gasteiger partial charge in [0.15, 0.2) is 0 Å². The lowest BCUT2D eigenvalue weighted by Crippen LogP contribution is -2.12. The first-order chi connectivity index (χ1) is 9.15. The highest BCUT2D eigenvalue weighted by Crippen LogP contribution is 2.24. The van der Waals surface area contributed by atoms with Gasteiger partial charge in [0.05, 0.1) is 6.04 Å². The fourth-order valence-electron chi connectivity index (χ4n) is 2.41. The summed E-state index contributed by atoms with van der Waals surface area (Å²) < 4.78 is 1.23. The minimum absolute atomic E-state index is 0.0362. The van der Waals surface area contributed by atoms with Gasteiger partial charge < -0.3 is 5.73 Å². The molecular formula is C17H20IN. The Morgan fingerprint density at radius 3 is 2.26 bits per heavy atom. The molecule has 0 aromatic heterocycles. The monoisotopic (exact) mass is 365 g/mol. The number of benzene rings is 2. The summed E-state index contributed by atoms with van der Waals surface area (Å²) in [5.74, 6) is 0. The van der Waals surface area contributed by atoms with Gasteiger partial charge in [-0.1, -0.05) is 44.2 Å². The second-order valence-electron chi connectivity index (χ2n) is 4.77. The summed E-state index contributed by atoms with van der Waals surface area (Å²) in [6.07, 6.45) is 2.15. The van der Waals surface area contributed by atoms with Gasteiger partial charge in [-0.2, -0.15) is 0 Å². The molecule has 0 heterocycles. The van der Waals surface area contributed by atoms with E-state index in [-0.39, 0.29) is 6.04 Å². The number of halogens is 1. The van der Waals surface area contributed by atoms with Gasteiger partial charge in [-0.15, -0.1) is 0 Å². The molecule has 0 aliphatic heterocycles. The SMILES string of the molecule is CCc1ccc(C(N)c2cccc(I)c2)cc1CC. The molecule has 0 fully saturated rings. The number of rotatable bonds is 4. The molecule has 2 aromatic rings. The Morgan fingerprint density at radius 2 is 1.63 bits per heavy atom. The highest BCUT2D eigenvalue weighted by Gasteiger charge is 2.11. The Bertz CT molecular complexity index is 563. The molecule has 0 saturated heterocycles. The standard InChI is InChI=1S/C17H20IN/c1-3-12-8-9-15(10-13(12)4-2)17(19)14-6-5-7-16(18)11-14/h5-11,17H,3-4,19H2,1-2H3. The average molecular weight is 365 g/mol. The van der Waals surface area contributed by atoms with Crippen LogP contribution in [0.1, 0.15) is 42.1 Å². The fourth-order valence-corrected chi connectivity index (χ4v) is 2.97. The largest absolute Gasteiger partial charge is 0.320 e. The van der Waals surface area contributed by atoms with Crippen LogP contribution in [-0.2, 0) is 12.8 Å². The van der Waals surface area contributed by atoms with Crippen LogP contribution < -0.4 is 5.73 Å². The van der Waals surface area contributed by atoms with Crippen LogP contribution >= 0.6 is 22.6 Å². The van der Waals surface area contributed by atoms with Gasteiger partial charge in [0.1, 0.15) is 0 Å². The minimum atomic E-state index is -0.0362. The summed E-state index contributed by atoms with van der Waals surface area (Å²) in [5, 5.41) is 0. The van der Waals surface area contributed by atoms with E-state index in [2.05, 4.69) is 78.9 Å². The molecule has 2 aromatic carbocycles. The lowest BCUT2D eigenvalue weighted by atomic mass is 9.94. The van der Waals surface area contributed by atoms with Gasteiger partial charge in [-0.25, -0.2) is 0 Å². The molecule has 2 rings (SSSR count). The zero-order valence-electron chi connectivity index (χ0n) is 11.5. The lowest BCUT2D eigenvalue weighted by molar-refractivity contribution is 0.862. The van der Waals surface area contributed by atoms with E-state index in [1.807, 2.05) is 0 Å². The zero-order valence-corrected chi connectivity index (χ0v) is 13.6. The van der Waals surface area contributed by atoms with Crippen molar-refractivity contribution in [1.29, 1.82) is 0 Å². The van der Waals surface area contributed by atoms with E-state index >= 15 is 0 Å². The molecule has 0 saturated carbocycles. The Labute approximate surface area is 129 Å². The van der Waals surface area contributed by atoms with Gasteiger partial charge in [0.25, 0.3) is 0 Å². The van der Waals surface area contributed by atoms with E-state index in [0.717, 1.165) is 12.8 Å². The van der Waals surface area contributed by atoms with Crippen molar-refractivity contribution in [3.8, 4) is 0 Å². The maximum atomic E-state index is 6.40. The van der Waals surface area contributed by atoms with Gasteiger partial charge in [0.2, 0.25) is 0 Å². The second kappa shape index (κ2) is 6.53. The summed E-state index contributed by atoms with van der Waals surface area (Å²) in [5.41, 5.74) is 11.6. The van der Waals surface area contributed by atoms with E-state index in [1.54, 1.807) is 0 Å². The van der Waals surface area contributed by atoms with Crippen molar-refractivity contribution >= 4 is 22.6 Å². The van der Waals surface area contributed by atoms with Crippen molar-refractivity contribution in [2.45, 2.75) is 32.7 Å². The average Bonchev–Trinajstić information content (AvgIpc) is 2.45. The lowest BCUT2D eigenvalue weighted by Gasteiger charge is -2.16. The molecule has 1 nitrogen and oxygen atoms in total. The third kappa shape index (κ3) is 3.37. The molecule has 0 aliphatic rings. The van der Waals surface area contributed by atoms with E-state index < -0.39 is 0 Å². The first kappa shape index (κ1) is 14.5. The number of aryl methyl sites for hydroxylation is 2. The van der Waals surface area contributed by atoms with Crippen molar-refractivity contribution in [2.24, 2.45) is 5.73 Å². The van der Waals surface area contributed by atoms with E-state index in [9.17, 15) is 0 Å². The zero-order chi connectivity index (χ0) is 13.8. The van der Waals surface area contributed by atoms with Crippen LogP contribution in [0.15, 0.2) is 42.5 Å². The summed E-state index contributed by atoms with van der Waals surface area (Å²) in [4.78, 5) is 0. The van der Waals surface area contributed by atoms with Crippen molar-refractivity contribution in [3.05, 3.63) is 68.3 Å². The third-order valence-corrected chi connectivity index (χ3v) is 4.23. The van der Waals surface area contributed by atoms with Crippen LogP contribution in [0, 0.1) is 3.57 Å². The Kier molecular flexibility index (Phi) is 4.99. The first-order valence-electron chi connectivity index (χ1n) is 6.78. The van der Waals surface area contributed by atoms with Crippen molar-refractivity contribution in [3.63, 3.8) is 0 Å². The van der Waals surface area contributed by atoms with Crippen LogP contribution in [0.2, 0.25) is 0 Å². The maximum absolute atomic E-state index is 6.40. The van der Waals surface area contributed by atoms with Crippen LogP contribution in [-0.4, -0.2) is 0 Å². The Morgan fingerprint density at radius 1 is 0.947 bits per heavy atom. The molecule has 1 atom stereocenters. The van der Waals surface area contributed by atoms with E-state index in [0.29, 0.717) is 0 Å². The van der Waals surface area contributed by atoms with Gasteiger partial charge in [-0.3, -0.25) is 0 Å². The second-order valence-corrected chi connectivity index (χ2v) is 6.01. The van der Waals surface area contributed by atoms with Crippen LogP contribution in [0.5, 0.6) is 0 Å². The number of hydrogen-bond donors (Lipinski definition) is 1.